The van der Waals surface area contributed by atoms with Crippen molar-refractivity contribution in [3.63, 3.8) is 0 Å². The van der Waals surface area contributed by atoms with Crippen LogP contribution in [0.3, 0.4) is 0 Å². The van der Waals surface area contributed by atoms with E-state index in [1.807, 2.05) is 49.4 Å². The normalized spacial score (nSPS) is 21.4. The second kappa shape index (κ2) is 10.8. The fourth-order valence-electron chi connectivity index (χ4n) is 5.78. The maximum Gasteiger partial charge on any atom is 0.134 e. The highest BCUT2D eigenvalue weighted by atomic mass is 19.1. The van der Waals surface area contributed by atoms with Gasteiger partial charge in [0.05, 0.1) is 12.2 Å². The van der Waals surface area contributed by atoms with Crippen molar-refractivity contribution in [3.05, 3.63) is 83.9 Å². The Balaban J connectivity index is 1.67. The molecule has 0 bridgehead atoms. The fourth-order valence-corrected chi connectivity index (χ4v) is 5.78. The van der Waals surface area contributed by atoms with E-state index in [1.165, 1.54) is 12.1 Å². The molecule has 0 N–H and O–H groups in total. The van der Waals surface area contributed by atoms with Crippen molar-refractivity contribution in [3.8, 4) is 22.3 Å². The number of benzene rings is 3. The molecule has 0 spiro atoms. The summed E-state index contributed by atoms with van der Waals surface area (Å²) in [5.41, 5.74) is 1.26. The standard InChI is InChI=1S/C30H32F4/c1-2-16-30(34)17-7-6-10-26(30)25(15-18-31)24-19-27(32)29(28(33)20-24)23-13-11-22(12-14-23)21-8-4-3-5-9-21/h3-5,8-9,11-14,19-20,25-26H,2,6-7,10,15-18H2,1H3. The van der Waals surface area contributed by atoms with E-state index in [2.05, 4.69) is 0 Å². The minimum Gasteiger partial charge on any atom is -0.251 e. The van der Waals surface area contributed by atoms with Gasteiger partial charge in [-0.1, -0.05) is 80.8 Å². The molecule has 4 rings (SSSR count). The van der Waals surface area contributed by atoms with Crippen molar-refractivity contribution >= 4 is 0 Å². The van der Waals surface area contributed by atoms with Gasteiger partial charge in [-0.05, 0) is 71.9 Å². The molecule has 1 aliphatic carbocycles. The first kappa shape index (κ1) is 24.5. The Hall–Kier alpha value is -2.62. The first-order valence-corrected chi connectivity index (χ1v) is 12.4. The summed E-state index contributed by atoms with van der Waals surface area (Å²) < 4.78 is 60.0. The van der Waals surface area contributed by atoms with Gasteiger partial charge in [-0.25, -0.2) is 13.2 Å². The van der Waals surface area contributed by atoms with Crippen LogP contribution in [0.2, 0.25) is 0 Å². The van der Waals surface area contributed by atoms with E-state index in [-0.39, 0.29) is 12.0 Å². The van der Waals surface area contributed by atoms with Gasteiger partial charge in [0.25, 0.3) is 0 Å². The topological polar surface area (TPSA) is 0 Å². The number of halogens is 4. The van der Waals surface area contributed by atoms with E-state index in [1.54, 1.807) is 12.1 Å². The van der Waals surface area contributed by atoms with Crippen LogP contribution in [0.15, 0.2) is 66.7 Å². The summed E-state index contributed by atoms with van der Waals surface area (Å²) in [5, 5.41) is 0. The molecular weight excluding hydrogens is 436 g/mol. The van der Waals surface area contributed by atoms with Crippen LogP contribution in [0, 0.1) is 17.6 Å². The van der Waals surface area contributed by atoms with Gasteiger partial charge in [0.2, 0.25) is 0 Å². The summed E-state index contributed by atoms with van der Waals surface area (Å²) in [6, 6.07) is 19.5. The Morgan fingerprint density at radius 3 is 2.12 bits per heavy atom. The summed E-state index contributed by atoms with van der Waals surface area (Å²) in [4.78, 5) is 0. The number of hydrogen-bond donors (Lipinski definition) is 0. The third kappa shape index (κ3) is 5.06. The molecule has 34 heavy (non-hydrogen) atoms. The maximum atomic E-state index is 15.9. The average Bonchev–Trinajstić information content (AvgIpc) is 2.84. The molecule has 3 aromatic rings. The molecule has 4 heteroatoms. The van der Waals surface area contributed by atoms with Crippen LogP contribution in [-0.2, 0) is 0 Å². The van der Waals surface area contributed by atoms with Crippen LogP contribution in [-0.4, -0.2) is 12.3 Å². The highest BCUT2D eigenvalue weighted by Crippen LogP contribution is 2.49. The van der Waals surface area contributed by atoms with Gasteiger partial charge in [0.1, 0.15) is 17.3 Å². The smallest absolute Gasteiger partial charge is 0.134 e. The molecule has 0 radical (unpaired) electrons. The quantitative estimate of drug-likeness (QED) is 0.289. The zero-order valence-corrected chi connectivity index (χ0v) is 19.7. The molecule has 3 atom stereocenters. The third-order valence-corrected chi connectivity index (χ3v) is 7.37. The van der Waals surface area contributed by atoms with Gasteiger partial charge in [0.15, 0.2) is 0 Å². The average molecular weight is 469 g/mol. The Labute approximate surface area is 200 Å². The van der Waals surface area contributed by atoms with E-state index in [4.69, 9.17) is 0 Å². The summed E-state index contributed by atoms with van der Waals surface area (Å²) in [6.45, 7) is 1.30. The van der Waals surface area contributed by atoms with E-state index in [0.717, 1.165) is 24.0 Å². The van der Waals surface area contributed by atoms with Gasteiger partial charge in [-0.15, -0.1) is 0 Å². The Kier molecular flexibility index (Phi) is 7.75. The van der Waals surface area contributed by atoms with E-state index in [0.29, 0.717) is 36.8 Å². The predicted molar refractivity (Wildman–Crippen MR) is 131 cm³/mol. The molecule has 1 fully saturated rings. The fraction of sp³-hybridized carbons (Fsp3) is 0.400. The molecule has 0 aromatic heterocycles. The lowest BCUT2D eigenvalue weighted by atomic mass is 9.66. The lowest BCUT2D eigenvalue weighted by Gasteiger charge is -2.42. The largest absolute Gasteiger partial charge is 0.251 e. The van der Waals surface area contributed by atoms with Crippen molar-refractivity contribution in [2.45, 2.75) is 63.5 Å². The Morgan fingerprint density at radius 2 is 1.50 bits per heavy atom. The summed E-state index contributed by atoms with van der Waals surface area (Å²) in [6.07, 6.45) is 3.88. The molecule has 1 aliphatic rings. The van der Waals surface area contributed by atoms with Crippen molar-refractivity contribution in [1.29, 1.82) is 0 Å². The molecule has 1 saturated carbocycles. The van der Waals surface area contributed by atoms with E-state index in [9.17, 15) is 4.39 Å². The van der Waals surface area contributed by atoms with Crippen LogP contribution in [0.5, 0.6) is 0 Å². The Morgan fingerprint density at radius 1 is 0.882 bits per heavy atom. The molecule has 0 nitrogen and oxygen atoms in total. The number of hydrogen-bond acceptors (Lipinski definition) is 0. The minimum absolute atomic E-state index is 0.0735. The van der Waals surface area contributed by atoms with E-state index < -0.39 is 35.8 Å². The lowest BCUT2D eigenvalue weighted by molar-refractivity contribution is 0.0106. The first-order valence-electron chi connectivity index (χ1n) is 12.4. The van der Waals surface area contributed by atoms with Gasteiger partial charge >= 0.3 is 0 Å². The highest BCUT2D eigenvalue weighted by molar-refractivity contribution is 5.71. The highest BCUT2D eigenvalue weighted by Gasteiger charge is 2.44. The zero-order chi connectivity index (χ0) is 24.1. The molecule has 3 unspecified atom stereocenters. The third-order valence-electron chi connectivity index (χ3n) is 7.37. The SMILES string of the molecule is CCCC1(F)CCCCC1C(CCF)c1cc(F)c(-c2ccc(-c3ccccc3)cc2)c(F)c1. The number of alkyl halides is 2. The van der Waals surface area contributed by atoms with Gasteiger partial charge in [-0.2, -0.15) is 0 Å². The monoisotopic (exact) mass is 468 g/mol. The van der Waals surface area contributed by atoms with Crippen molar-refractivity contribution in [2.75, 3.05) is 6.67 Å². The minimum atomic E-state index is -1.41. The lowest BCUT2D eigenvalue weighted by Crippen LogP contribution is -2.40. The summed E-state index contributed by atoms with van der Waals surface area (Å²) in [5.74, 6) is -2.35. The van der Waals surface area contributed by atoms with Crippen LogP contribution >= 0.6 is 0 Å². The summed E-state index contributed by atoms with van der Waals surface area (Å²) >= 11 is 0. The van der Waals surface area contributed by atoms with Crippen molar-refractivity contribution in [2.24, 2.45) is 5.92 Å². The maximum absolute atomic E-state index is 15.9. The second-order valence-electron chi connectivity index (χ2n) is 9.52. The molecule has 0 heterocycles. The second-order valence-corrected chi connectivity index (χ2v) is 9.52. The predicted octanol–water partition coefficient (Wildman–Crippen LogP) is 9.44. The molecule has 3 aromatic carbocycles. The molecular formula is C30H32F4. The van der Waals surface area contributed by atoms with Gasteiger partial charge in [0, 0.05) is 0 Å². The van der Waals surface area contributed by atoms with Gasteiger partial charge in [-0.3, -0.25) is 4.39 Å². The molecule has 0 aliphatic heterocycles. The zero-order valence-electron chi connectivity index (χ0n) is 19.7. The van der Waals surface area contributed by atoms with E-state index >= 15 is 13.2 Å². The van der Waals surface area contributed by atoms with Crippen LogP contribution in [0.25, 0.3) is 22.3 Å². The molecule has 0 saturated heterocycles. The van der Waals surface area contributed by atoms with Crippen LogP contribution < -0.4 is 0 Å². The van der Waals surface area contributed by atoms with Crippen LogP contribution in [0.4, 0.5) is 17.6 Å². The molecule has 180 valence electrons. The summed E-state index contributed by atoms with van der Waals surface area (Å²) in [7, 11) is 0. The molecule has 0 amide bonds. The number of rotatable bonds is 8. The first-order chi connectivity index (χ1) is 16.5. The van der Waals surface area contributed by atoms with Crippen molar-refractivity contribution in [1.82, 2.24) is 0 Å². The Bertz CT molecular complexity index is 1050. The van der Waals surface area contributed by atoms with Gasteiger partial charge < -0.3 is 0 Å². The van der Waals surface area contributed by atoms with Crippen molar-refractivity contribution < 1.29 is 17.6 Å². The van der Waals surface area contributed by atoms with Crippen LogP contribution in [0.1, 0.15) is 63.4 Å².